The number of carbonyl (C=O) groups excluding carboxylic acids is 1. The molecule has 1 unspecified atom stereocenters. The van der Waals surface area contributed by atoms with Crippen molar-refractivity contribution >= 4 is 32.7 Å². The number of rotatable bonds is 2. The predicted molar refractivity (Wildman–Crippen MR) is 106 cm³/mol. The molecule has 2 aromatic carbocycles. The lowest BCUT2D eigenvalue weighted by molar-refractivity contribution is 0.0729. The van der Waals surface area contributed by atoms with Gasteiger partial charge in [0.1, 0.15) is 18.9 Å². The van der Waals surface area contributed by atoms with E-state index in [0.717, 1.165) is 51.8 Å². The van der Waals surface area contributed by atoms with E-state index in [0.29, 0.717) is 18.9 Å². The summed E-state index contributed by atoms with van der Waals surface area (Å²) >= 11 is 3.61. The van der Waals surface area contributed by atoms with Gasteiger partial charge in [0.2, 0.25) is 0 Å². The number of nitrogens with zero attached hydrogens (tertiary/aromatic N) is 1. The Kier molecular flexibility index (Phi) is 4.08. The van der Waals surface area contributed by atoms with Gasteiger partial charge in [0.15, 0.2) is 11.5 Å². The second kappa shape index (κ2) is 6.60. The Balaban J connectivity index is 1.48. The standard InChI is InChI=1S/C21H19BrN2O3/c22-19-14-4-1-2-5-15(14)23-20(19)21(25)24-9-3-6-16(24)13-7-8-17-18(12-13)27-11-10-26-17/h1-2,4-5,7-8,12,16,23H,3,6,9-11H2. The van der Waals surface area contributed by atoms with E-state index in [4.69, 9.17) is 9.47 Å². The van der Waals surface area contributed by atoms with Crippen LogP contribution in [0.2, 0.25) is 0 Å². The Labute approximate surface area is 165 Å². The van der Waals surface area contributed by atoms with Gasteiger partial charge < -0.3 is 19.4 Å². The van der Waals surface area contributed by atoms with Crippen molar-refractivity contribution in [2.45, 2.75) is 18.9 Å². The van der Waals surface area contributed by atoms with Gasteiger partial charge in [-0.2, -0.15) is 0 Å². The van der Waals surface area contributed by atoms with Crippen molar-refractivity contribution in [1.29, 1.82) is 0 Å². The number of carbonyl (C=O) groups is 1. The molecule has 1 amide bonds. The van der Waals surface area contributed by atoms with E-state index in [1.54, 1.807) is 0 Å². The highest BCUT2D eigenvalue weighted by atomic mass is 79.9. The van der Waals surface area contributed by atoms with Gasteiger partial charge in [-0.3, -0.25) is 4.79 Å². The Morgan fingerprint density at radius 1 is 1.11 bits per heavy atom. The highest BCUT2D eigenvalue weighted by Gasteiger charge is 2.33. The monoisotopic (exact) mass is 426 g/mol. The molecule has 0 aliphatic carbocycles. The number of para-hydroxylation sites is 1. The highest BCUT2D eigenvalue weighted by Crippen LogP contribution is 2.39. The lowest BCUT2D eigenvalue weighted by atomic mass is 10.0. The van der Waals surface area contributed by atoms with E-state index < -0.39 is 0 Å². The molecule has 2 aliphatic rings. The van der Waals surface area contributed by atoms with Crippen LogP contribution in [0.15, 0.2) is 46.9 Å². The Hall–Kier alpha value is -2.47. The first-order valence-corrected chi connectivity index (χ1v) is 9.98. The molecule has 27 heavy (non-hydrogen) atoms. The minimum atomic E-state index is 0.0236. The maximum Gasteiger partial charge on any atom is 0.271 e. The number of halogens is 1. The lowest BCUT2D eigenvalue weighted by Gasteiger charge is -2.26. The highest BCUT2D eigenvalue weighted by molar-refractivity contribution is 9.10. The Morgan fingerprint density at radius 3 is 2.78 bits per heavy atom. The van der Waals surface area contributed by atoms with Gasteiger partial charge >= 0.3 is 0 Å². The molecule has 5 rings (SSSR count). The first-order chi connectivity index (χ1) is 13.2. The van der Waals surface area contributed by atoms with Crippen LogP contribution >= 0.6 is 15.9 Å². The maximum absolute atomic E-state index is 13.3. The summed E-state index contributed by atoms with van der Waals surface area (Å²) in [4.78, 5) is 18.6. The van der Waals surface area contributed by atoms with E-state index in [1.165, 1.54) is 0 Å². The van der Waals surface area contributed by atoms with Gasteiger partial charge in [0.05, 0.1) is 10.5 Å². The Bertz CT molecular complexity index is 1030. The van der Waals surface area contributed by atoms with Crippen LogP contribution in [0.4, 0.5) is 0 Å². The van der Waals surface area contributed by atoms with E-state index in [9.17, 15) is 4.79 Å². The Morgan fingerprint density at radius 2 is 1.93 bits per heavy atom. The fraction of sp³-hybridized carbons (Fsp3) is 0.286. The topological polar surface area (TPSA) is 54.6 Å². The third-order valence-electron chi connectivity index (χ3n) is 5.32. The first-order valence-electron chi connectivity index (χ1n) is 9.19. The van der Waals surface area contributed by atoms with Crippen molar-refractivity contribution < 1.29 is 14.3 Å². The number of H-pyrrole nitrogens is 1. The summed E-state index contributed by atoms with van der Waals surface area (Å²) in [6.45, 7) is 1.89. The number of aromatic amines is 1. The second-order valence-corrected chi connectivity index (χ2v) is 7.71. The molecule has 0 bridgehead atoms. The van der Waals surface area contributed by atoms with Crippen molar-refractivity contribution in [2.75, 3.05) is 19.8 Å². The SMILES string of the molecule is O=C(c1[nH]c2ccccc2c1Br)N1CCCC1c1ccc2c(c1)OCCO2. The van der Waals surface area contributed by atoms with E-state index in [2.05, 4.69) is 20.9 Å². The molecule has 1 atom stereocenters. The van der Waals surface area contributed by atoms with Crippen LogP contribution in [-0.2, 0) is 0 Å². The summed E-state index contributed by atoms with van der Waals surface area (Å²) in [5.74, 6) is 1.57. The molecular formula is C21H19BrN2O3. The van der Waals surface area contributed by atoms with Crippen LogP contribution in [0.5, 0.6) is 11.5 Å². The zero-order valence-corrected chi connectivity index (χ0v) is 16.3. The van der Waals surface area contributed by atoms with Crippen LogP contribution in [0.25, 0.3) is 10.9 Å². The fourth-order valence-electron chi connectivity index (χ4n) is 4.02. The zero-order valence-electron chi connectivity index (χ0n) is 14.7. The molecule has 6 heteroatoms. The summed E-state index contributed by atoms with van der Waals surface area (Å²) in [6.07, 6.45) is 1.94. The fourth-order valence-corrected chi connectivity index (χ4v) is 4.64. The summed E-state index contributed by atoms with van der Waals surface area (Å²) in [5, 5.41) is 1.02. The normalized spacial score (nSPS) is 18.9. The summed E-state index contributed by atoms with van der Waals surface area (Å²) in [5.41, 5.74) is 2.67. The van der Waals surface area contributed by atoms with Crippen LogP contribution < -0.4 is 9.47 Å². The number of nitrogens with one attached hydrogen (secondary N) is 1. The third-order valence-corrected chi connectivity index (χ3v) is 6.14. The number of ether oxygens (including phenoxy) is 2. The molecule has 0 spiro atoms. The molecule has 1 aromatic heterocycles. The van der Waals surface area contributed by atoms with Crippen molar-refractivity contribution in [2.24, 2.45) is 0 Å². The minimum Gasteiger partial charge on any atom is -0.486 e. The molecule has 5 nitrogen and oxygen atoms in total. The number of benzene rings is 2. The molecular weight excluding hydrogens is 408 g/mol. The molecule has 0 saturated carbocycles. The van der Waals surface area contributed by atoms with Gasteiger partial charge in [0.25, 0.3) is 5.91 Å². The summed E-state index contributed by atoms with van der Waals surface area (Å²) < 4.78 is 12.2. The summed E-state index contributed by atoms with van der Waals surface area (Å²) in [6, 6.07) is 14.0. The molecule has 3 aromatic rings. The van der Waals surface area contributed by atoms with Crippen LogP contribution in [0, 0.1) is 0 Å². The van der Waals surface area contributed by atoms with E-state index in [-0.39, 0.29) is 11.9 Å². The maximum atomic E-state index is 13.3. The van der Waals surface area contributed by atoms with Gasteiger partial charge in [-0.1, -0.05) is 24.3 Å². The zero-order chi connectivity index (χ0) is 18.4. The number of hydrogen-bond acceptors (Lipinski definition) is 3. The molecule has 3 heterocycles. The molecule has 2 aliphatic heterocycles. The van der Waals surface area contributed by atoms with Crippen LogP contribution in [-0.4, -0.2) is 35.5 Å². The van der Waals surface area contributed by atoms with E-state index in [1.807, 2.05) is 47.4 Å². The quantitative estimate of drug-likeness (QED) is 0.646. The second-order valence-electron chi connectivity index (χ2n) is 6.92. The largest absolute Gasteiger partial charge is 0.486 e. The van der Waals surface area contributed by atoms with Gasteiger partial charge in [-0.25, -0.2) is 0 Å². The predicted octanol–water partition coefficient (Wildman–Crippen LogP) is 4.68. The number of fused-ring (bicyclic) bond motifs is 2. The minimum absolute atomic E-state index is 0.0236. The first kappa shape index (κ1) is 16.7. The van der Waals surface area contributed by atoms with Gasteiger partial charge in [-0.15, -0.1) is 0 Å². The third kappa shape index (κ3) is 2.79. The average Bonchev–Trinajstić information content (AvgIpc) is 3.33. The number of aromatic nitrogens is 1. The van der Waals surface area contributed by atoms with Gasteiger partial charge in [-0.05, 0) is 52.5 Å². The van der Waals surface area contributed by atoms with Crippen molar-refractivity contribution in [3.05, 3.63) is 58.2 Å². The molecule has 0 radical (unpaired) electrons. The van der Waals surface area contributed by atoms with Gasteiger partial charge in [0, 0.05) is 17.4 Å². The molecule has 1 saturated heterocycles. The average molecular weight is 427 g/mol. The van der Waals surface area contributed by atoms with E-state index >= 15 is 0 Å². The molecule has 1 fully saturated rings. The van der Waals surface area contributed by atoms with Crippen LogP contribution in [0.3, 0.4) is 0 Å². The van der Waals surface area contributed by atoms with Crippen molar-refractivity contribution in [1.82, 2.24) is 9.88 Å². The molecule has 138 valence electrons. The lowest BCUT2D eigenvalue weighted by Crippen LogP contribution is -2.31. The van der Waals surface area contributed by atoms with Crippen molar-refractivity contribution in [3.63, 3.8) is 0 Å². The summed E-state index contributed by atoms with van der Waals surface area (Å²) in [7, 11) is 0. The van der Waals surface area contributed by atoms with Crippen molar-refractivity contribution in [3.8, 4) is 11.5 Å². The number of likely N-dealkylation sites (tertiary alicyclic amines) is 1. The smallest absolute Gasteiger partial charge is 0.271 e. The number of amides is 1. The van der Waals surface area contributed by atoms with Crippen LogP contribution in [0.1, 0.15) is 34.9 Å². The molecule has 1 N–H and O–H groups in total. The number of hydrogen-bond donors (Lipinski definition) is 1.